The third-order valence-corrected chi connectivity index (χ3v) is 5.12. The van der Waals surface area contributed by atoms with E-state index in [2.05, 4.69) is 20.5 Å². The molecule has 1 atom stereocenters. The van der Waals surface area contributed by atoms with Gasteiger partial charge in [0.2, 0.25) is 5.91 Å². The molecule has 0 radical (unpaired) electrons. The van der Waals surface area contributed by atoms with Crippen molar-refractivity contribution in [1.29, 1.82) is 0 Å². The van der Waals surface area contributed by atoms with Crippen molar-refractivity contribution < 1.29 is 14.4 Å². The topological polar surface area (TPSA) is 134 Å². The normalized spacial score (nSPS) is 16.6. The Morgan fingerprint density at radius 3 is 2.86 bits per heavy atom. The summed E-state index contributed by atoms with van der Waals surface area (Å²) in [5.41, 5.74) is 7.48. The molecule has 1 saturated heterocycles. The fourth-order valence-electron chi connectivity index (χ4n) is 3.74. The maximum absolute atomic E-state index is 13.0. The first kappa shape index (κ1) is 18.6. The molecule has 2 aromatic heterocycles. The fourth-order valence-corrected chi connectivity index (χ4v) is 3.74. The highest BCUT2D eigenvalue weighted by Gasteiger charge is 2.32. The van der Waals surface area contributed by atoms with Crippen molar-refractivity contribution in [1.82, 2.24) is 20.1 Å². The van der Waals surface area contributed by atoms with Crippen molar-refractivity contribution >= 4 is 34.3 Å². The van der Waals surface area contributed by atoms with Crippen LogP contribution >= 0.6 is 0 Å². The second-order valence-electron chi connectivity index (χ2n) is 6.97. The lowest BCUT2D eigenvalue weighted by Crippen LogP contribution is -2.44. The minimum atomic E-state index is -0.778. The van der Waals surface area contributed by atoms with Crippen molar-refractivity contribution in [2.45, 2.75) is 25.3 Å². The molecule has 4 N–H and O–H groups in total. The highest BCUT2D eigenvalue weighted by Crippen LogP contribution is 2.34. The van der Waals surface area contributed by atoms with Crippen LogP contribution in [-0.4, -0.2) is 44.3 Å². The van der Waals surface area contributed by atoms with E-state index in [0.717, 1.165) is 35.7 Å². The Bertz CT molecular complexity index is 1090. The van der Waals surface area contributed by atoms with Crippen molar-refractivity contribution in [3.63, 3.8) is 0 Å². The number of primary amides is 1. The lowest BCUT2D eigenvalue weighted by atomic mass is 9.93. The molecule has 0 unspecified atom stereocenters. The van der Waals surface area contributed by atoms with Gasteiger partial charge in [-0.15, -0.1) is 0 Å². The molecule has 0 spiro atoms. The first-order chi connectivity index (χ1) is 14.0. The Labute approximate surface area is 166 Å². The second-order valence-corrected chi connectivity index (χ2v) is 6.97. The van der Waals surface area contributed by atoms with E-state index in [4.69, 9.17) is 5.73 Å². The summed E-state index contributed by atoms with van der Waals surface area (Å²) >= 11 is 0. The summed E-state index contributed by atoms with van der Waals surface area (Å²) in [5, 5.41) is 10.5. The van der Waals surface area contributed by atoms with Crippen molar-refractivity contribution in [3.8, 4) is 0 Å². The SMILES string of the molecule is NC(=O)c1cncc(NC(=O)C(=O)N2CCCC[C@H]2c2cccc3[nH]ncc23)c1. The van der Waals surface area contributed by atoms with Gasteiger partial charge in [0.15, 0.2) is 0 Å². The number of hydrogen-bond donors (Lipinski definition) is 3. The maximum Gasteiger partial charge on any atom is 0.313 e. The summed E-state index contributed by atoms with van der Waals surface area (Å²) in [6.45, 7) is 0.491. The Kier molecular flexibility index (Phi) is 4.94. The number of piperidine rings is 1. The van der Waals surface area contributed by atoms with Crippen LogP contribution in [0.1, 0.15) is 41.2 Å². The standard InChI is InChI=1S/C20H20N6O3/c21-18(27)12-8-13(10-22-9-12)24-19(28)20(29)26-7-2-1-6-17(26)14-4-3-5-16-15(14)11-23-25-16/h3-5,8-11,17H,1-2,6-7H2,(H2,21,27)(H,23,25)(H,24,28)/t17-/m0/s1. The van der Waals surface area contributed by atoms with Gasteiger partial charge in [0.1, 0.15) is 0 Å². The lowest BCUT2D eigenvalue weighted by Gasteiger charge is -2.35. The number of carbonyl (C=O) groups is 3. The molecule has 148 valence electrons. The van der Waals surface area contributed by atoms with Gasteiger partial charge in [0.25, 0.3) is 0 Å². The molecule has 29 heavy (non-hydrogen) atoms. The first-order valence-electron chi connectivity index (χ1n) is 9.33. The van der Waals surface area contributed by atoms with E-state index in [-0.39, 0.29) is 17.3 Å². The highest BCUT2D eigenvalue weighted by molar-refractivity contribution is 6.39. The number of nitrogens with two attached hydrogens (primary N) is 1. The molecule has 0 saturated carbocycles. The molecule has 9 nitrogen and oxygen atoms in total. The van der Waals surface area contributed by atoms with Crippen molar-refractivity contribution in [2.75, 3.05) is 11.9 Å². The summed E-state index contributed by atoms with van der Waals surface area (Å²) in [6, 6.07) is 6.98. The van der Waals surface area contributed by atoms with Crippen LogP contribution in [0.15, 0.2) is 42.9 Å². The molecule has 3 aromatic rings. The molecule has 4 rings (SSSR count). The average Bonchev–Trinajstić information content (AvgIpc) is 3.22. The van der Waals surface area contributed by atoms with E-state index < -0.39 is 17.7 Å². The van der Waals surface area contributed by atoms with Crippen molar-refractivity contribution in [2.24, 2.45) is 5.73 Å². The molecule has 0 aliphatic carbocycles. The van der Waals surface area contributed by atoms with E-state index >= 15 is 0 Å². The lowest BCUT2D eigenvalue weighted by molar-refractivity contribution is -0.145. The maximum atomic E-state index is 13.0. The molecule has 0 bridgehead atoms. The number of nitrogens with one attached hydrogen (secondary N) is 2. The Hall–Kier alpha value is -3.75. The van der Waals surface area contributed by atoms with Gasteiger partial charge in [-0.1, -0.05) is 12.1 Å². The number of nitrogens with zero attached hydrogens (tertiary/aromatic N) is 3. The number of rotatable bonds is 3. The van der Waals surface area contributed by atoms with Crippen LogP contribution in [0.25, 0.3) is 10.9 Å². The zero-order valence-electron chi connectivity index (χ0n) is 15.6. The predicted octanol–water partition coefficient (Wildman–Crippen LogP) is 1.75. The van der Waals surface area contributed by atoms with E-state index in [1.54, 1.807) is 11.1 Å². The van der Waals surface area contributed by atoms with Gasteiger partial charge in [-0.2, -0.15) is 5.10 Å². The minimum absolute atomic E-state index is 0.151. The summed E-state index contributed by atoms with van der Waals surface area (Å²) < 4.78 is 0. The van der Waals surface area contributed by atoms with Gasteiger partial charge < -0.3 is 16.0 Å². The summed E-state index contributed by atoms with van der Waals surface area (Å²) in [6.07, 6.45) is 6.96. The number of amides is 3. The number of anilines is 1. The van der Waals surface area contributed by atoms with E-state index in [9.17, 15) is 14.4 Å². The quantitative estimate of drug-likeness (QED) is 0.584. The van der Waals surface area contributed by atoms with Crippen LogP contribution in [0.3, 0.4) is 0 Å². The number of fused-ring (bicyclic) bond motifs is 1. The van der Waals surface area contributed by atoms with Crippen LogP contribution in [0.4, 0.5) is 5.69 Å². The van der Waals surface area contributed by atoms with Gasteiger partial charge in [-0.25, -0.2) is 0 Å². The number of hydrogen-bond acceptors (Lipinski definition) is 5. The summed E-state index contributed by atoms with van der Waals surface area (Å²) in [7, 11) is 0. The zero-order chi connectivity index (χ0) is 20.4. The van der Waals surface area contributed by atoms with Crippen molar-refractivity contribution in [3.05, 3.63) is 54.0 Å². The number of aromatic amines is 1. The molecule has 1 aliphatic rings. The Morgan fingerprint density at radius 2 is 2.03 bits per heavy atom. The minimum Gasteiger partial charge on any atom is -0.366 e. The molecule has 1 aromatic carbocycles. The molecule has 9 heteroatoms. The molecule has 3 amide bonds. The third-order valence-electron chi connectivity index (χ3n) is 5.12. The molecule has 1 fully saturated rings. The number of benzene rings is 1. The highest BCUT2D eigenvalue weighted by atomic mass is 16.2. The largest absolute Gasteiger partial charge is 0.366 e. The second kappa shape index (κ2) is 7.70. The van der Waals surface area contributed by atoms with Gasteiger partial charge in [0, 0.05) is 18.1 Å². The average molecular weight is 392 g/mol. The fraction of sp³-hybridized carbons (Fsp3) is 0.250. The van der Waals surface area contributed by atoms with E-state index in [1.165, 1.54) is 18.5 Å². The molecular weight excluding hydrogens is 372 g/mol. The Morgan fingerprint density at radius 1 is 1.17 bits per heavy atom. The van der Waals surface area contributed by atoms with E-state index in [1.807, 2.05) is 18.2 Å². The number of pyridine rings is 1. The van der Waals surface area contributed by atoms with Crippen LogP contribution in [0.5, 0.6) is 0 Å². The van der Waals surface area contributed by atoms with Crippen LogP contribution in [0.2, 0.25) is 0 Å². The summed E-state index contributed by atoms with van der Waals surface area (Å²) in [4.78, 5) is 42.3. The van der Waals surface area contributed by atoms with Crippen LogP contribution in [0, 0.1) is 0 Å². The third kappa shape index (κ3) is 3.66. The van der Waals surface area contributed by atoms with Gasteiger partial charge in [-0.05, 0) is 37.0 Å². The molecule has 1 aliphatic heterocycles. The predicted molar refractivity (Wildman–Crippen MR) is 106 cm³/mol. The molecular formula is C20H20N6O3. The zero-order valence-corrected chi connectivity index (χ0v) is 15.6. The number of aromatic nitrogens is 3. The smallest absolute Gasteiger partial charge is 0.313 e. The molecule has 3 heterocycles. The van der Waals surface area contributed by atoms with Crippen LogP contribution in [-0.2, 0) is 9.59 Å². The van der Waals surface area contributed by atoms with Gasteiger partial charge >= 0.3 is 11.8 Å². The number of carbonyl (C=O) groups excluding carboxylic acids is 3. The number of H-pyrrole nitrogens is 1. The Balaban J connectivity index is 1.57. The first-order valence-corrected chi connectivity index (χ1v) is 9.33. The van der Waals surface area contributed by atoms with Gasteiger partial charge in [0.05, 0.1) is 35.2 Å². The number of likely N-dealkylation sites (tertiary alicyclic amines) is 1. The van der Waals surface area contributed by atoms with Gasteiger partial charge in [-0.3, -0.25) is 24.5 Å². The van der Waals surface area contributed by atoms with E-state index in [0.29, 0.717) is 6.54 Å². The monoisotopic (exact) mass is 392 g/mol. The summed E-state index contributed by atoms with van der Waals surface area (Å²) in [5.74, 6) is -2.07. The van der Waals surface area contributed by atoms with Crippen LogP contribution < -0.4 is 11.1 Å².